The molecule has 0 aliphatic rings. The van der Waals surface area contributed by atoms with Crippen LogP contribution in [-0.4, -0.2) is 41.3 Å². The van der Waals surface area contributed by atoms with Gasteiger partial charge in [-0.3, -0.25) is 4.79 Å². The van der Waals surface area contributed by atoms with Crippen LogP contribution in [0.1, 0.15) is 12.5 Å². The van der Waals surface area contributed by atoms with E-state index in [2.05, 4.69) is 20.7 Å². The first kappa shape index (κ1) is 16.1. The molecule has 10 heteroatoms. The number of anilines is 1. The summed E-state index contributed by atoms with van der Waals surface area (Å²) in [7, 11) is 2.91. The number of carbonyl (C=O) groups excluding carboxylic acids is 1. The van der Waals surface area contributed by atoms with Gasteiger partial charge in [0.05, 0.1) is 20.4 Å². The van der Waals surface area contributed by atoms with Crippen molar-refractivity contribution < 1.29 is 19.0 Å². The molecule has 0 unspecified atom stereocenters. The first-order chi connectivity index (χ1) is 11.0. The molecule has 0 saturated carbocycles. The highest BCUT2D eigenvalue weighted by molar-refractivity contribution is 5.83. The predicted octanol–water partition coefficient (Wildman–Crippen LogP) is 0.380. The summed E-state index contributed by atoms with van der Waals surface area (Å²) in [5.41, 5.74) is 3.27. The van der Waals surface area contributed by atoms with Gasteiger partial charge in [-0.15, -0.1) is 10.2 Å². The van der Waals surface area contributed by atoms with E-state index in [4.69, 9.17) is 20.1 Å². The Hall–Kier alpha value is -3.30. The van der Waals surface area contributed by atoms with Crippen molar-refractivity contribution in [2.24, 2.45) is 5.10 Å². The third-order valence-corrected chi connectivity index (χ3v) is 2.68. The van der Waals surface area contributed by atoms with Crippen molar-refractivity contribution in [3.8, 4) is 17.2 Å². The summed E-state index contributed by atoms with van der Waals surface area (Å²) < 4.78 is 16.7. The summed E-state index contributed by atoms with van der Waals surface area (Å²) in [6.45, 7) is 1.29. The van der Waals surface area contributed by atoms with E-state index in [0.29, 0.717) is 17.1 Å². The van der Waals surface area contributed by atoms with E-state index < -0.39 is 5.97 Å². The van der Waals surface area contributed by atoms with E-state index in [1.165, 1.54) is 38.4 Å². The zero-order valence-corrected chi connectivity index (χ0v) is 12.8. The van der Waals surface area contributed by atoms with Crippen molar-refractivity contribution in [2.45, 2.75) is 6.92 Å². The van der Waals surface area contributed by atoms with Gasteiger partial charge in [0, 0.05) is 12.5 Å². The van der Waals surface area contributed by atoms with E-state index in [0.717, 1.165) is 0 Å². The van der Waals surface area contributed by atoms with Crippen LogP contribution in [0.4, 0.5) is 5.95 Å². The van der Waals surface area contributed by atoms with Crippen LogP contribution in [0, 0.1) is 0 Å². The standard InChI is InChI=1S/C13H16N6O4/c1-8(20)23-12-10(21-2)4-9(5-11(12)22-3)6-15-17-13-18-16-7-19(13)14/h4-7H,14H2,1-3H3,(H,17,18)/b15-6+. The Morgan fingerprint density at radius 3 is 2.48 bits per heavy atom. The topological polar surface area (TPSA) is 126 Å². The van der Waals surface area contributed by atoms with Gasteiger partial charge >= 0.3 is 5.97 Å². The third kappa shape index (κ3) is 3.87. The Morgan fingerprint density at radius 1 is 1.35 bits per heavy atom. The molecule has 0 bridgehead atoms. The molecular weight excluding hydrogens is 304 g/mol. The van der Waals surface area contributed by atoms with Crippen LogP contribution >= 0.6 is 0 Å². The highest BCUT2D eigenvalue weighted by Gasteiger charge is 2.15. The Morgan fingerprint density at radius 2 is 2.00 bits per heavy atom. The van der Waals surface area contributed by atoms with Crippen molar-refractivity contribution in [1.82, 2.24) is 14.9 Å². The average Bonchev–Trinajstić information content (AvgIpc) is 2.93. The van der Waals surface area contributed by atoms with Crippen molar-refractivity contribution in [3.63, 3.8) is 0 Å². The summed E-state index contributed by atoms with van der Waals surface area (Å²) in [6.07, 6.45) is 2.83. The smallest absolute Gasteiger partial charge is 0.308 e. The largest absolute Gasteiger partial charge is 0.493 e. The number of benzene rings is 1. The van der Waals surface area contributed by atoms with Gasteiger partial charge in [0.2, 0.25) is 5.75 Å². The maximum absolute atomic E-state index is 11.2. The van der Waals surface area contributed by atoms with Gasteiger partial charge in [-0.2, -0.15) is 5.10 Å². The fourth-order valence-corrected chi connectivity index (χ4v) is 1.71. The molecule has 0 aliphatic heterocycles. The summed E-state index contributed by atoms with van der Waals surface area (Å²) in [6, 6.07) is 3.28. The number of ether oxygens (including phenoxy) is 3. The lowest BCUT2D eigenvalue weighted by molar-refractivity contribution is -0.132. The van der Waals surface area contributed by atoms with E-state index in [9.17, 15) is 4.79 Å². The average molecular weight is 320 g/mol. The monoisotopic (exact) mass is 320 g/mol. The quantitative estimate of drug-likeness (QED) is 0.257. The minimum Gasteiger partial charge on any atom is -0.493 e. The van der Waals surface area contributed by atoms with Gasteiger partial charge < -0.3 is 20.1 Å². The van der Waals surface area contributed by atoms with Crippen LogP contribution in [0.2, 0.25) is 0 Å². The number of aromatic nitrogens is 3. The fourth-order valence-electron chi connectivity index (χ4n) is 1.71. The van der Waals surface area contributed by atoms with Crippen molar-refractivity contribution in [2.75, 3.05) is 25.5 Å². The molecule has 0 spiro atoms. The Bertz CT molecular complexity index is 702. The first-order valence-electron chi connectivity index (χ1n) is 6.43. The van der Waals surface area contributed by atoms with Crippen LogP contribution in [-0.2, 0) is 4.79 Å². The second kappa shape index (κ2) is 7.11. The molecule has 1 heterocycles. The maximum atomic E-state index is 11.2. The number of esters is 1. The summed E-state index contributed by atoms with van der Waals surface area (Å²) in [5, 5.41) is 11.3. The van der Waals surface area contributed by atoms with E-state index in [1.807, 2.05) is 0 Å². The molecule has 10 nitrogen and oxygen atoms in total. The molecule has 122 valence electrons. The zero-order valence-electron chi connectivity index (χ0n) is 12.8. The number of nitrogens with one attached hydrogen (secondary N) is 1. The van der Waals surface area contributed by atoms with Gasteiger partial charge in [-0.25, -0.2) is 10.1 Å². The third-order valence-electron chi connectivity index (χ3n) is 2.68. The van der Waals surface area contributed by atoms with Crippen LogP contribution in [0.15, 0.2) is 23.6 Å². The molecule has 3 N–H and O–H groups in total. The second-order valence-electron chi connectivity index (χ2n) is 4.28. The van der Waals surface area contributed by atoms with Crippen LogP contribution in [0.3, 0.4) is 0 Å². The zero-order chi connectivity index (χ0) is 16.8. The number of nitrogen functional groups attached to an aromatic ring is 1. The number of carbonyl (C=O) groups is 1. The molecule has 23 heavy (non-hydrogen) atoms. The lowest BCUT2D eigenvalue weighted by Gasteiger charge is -2.13. The number of hydrogen-bond donors (Lipinski definition) is 2. The minimum atomic E-state index is -0.480. The van der Waals surface area contributed by atoms with Gasteiger partial charge in [-0.1, -0.05) is 0 Å². The number of hydrogen-bond acceptors (Lipinski definition) is 9. The van der Waals surface area contributed by atoms with Crippen LogP contribution in [0.5, 0.6) is 17.2 Å². The number of hydrazone groups is 1. The molecule has 1 aromatic heterocycles. The van der Waals surface area contributed by atoms with E-state index >= 15 is 0 Å². The van der Waals surface area contributed by atoms with Crippen molar-refractivity contribution >= 4 is 18.1 Å². The van der Waals surface area contributed by atoms with Crippen LogP contribution in [0.25, 0.3) is 0 Å². The molecule has 0 amide bonds. The normalized spacial score (nSPS) is 10.6. The molecule has 1 aromatic carbocycles. The molecule has 2 aromatic rings. The van der Waals surface area contributed by atoms with E-state index in [1.54, 1.807) is 12.1 Å². The molecule has 2 rings (SSSR count). The number of rotatable bonds is 6. The molecule has 0 fully saturated rings. The Kier molecular flexibility index (Phi) is 4.97. The van der Waals surface area contributed by atoms with Gasteiger partial charge in [-0.05, 0) is 12.1 Å². The number of nitrogens with zero attached hydrogens (tertiary/aromatic N) is 4. The number of nitrogens with two attached hydrogens (primary N) is 1. The highest BCUT2D eigenvalue weighted by Crippen LogP contribution is 2.38. The summed E-state index contributed by atoms with van der Waals surface area (Å²) in [4.78, 5) is 11.2. The SMILES string of the molecule is COc1cc(/C=N/Nc2nncn2N)cc(OC)c1OC(C)=O. The maximum Gasteiger partial charge on any atom is 0.308 e. The second-order valence-corrected chi connectivity index (χ2v) is 4.28. The van der Waals surface area contributed by atoms with Gasteiger partial charge in [0.15, 0.2) is 11.5 Å². The summed E-state index contributed by atoms with van der Waals surface area (Å²) >= 11 is 0. The van der Waals surface area contributed by atoms with Crippen LogP contribution < -0.4 is 25.5 Å². The lowest BCUT2D eigenvalue weighted by atomic mass is 10.2. The predicted molar refractivity (Wildman–Crippen MR) is 82.2 cm³/mol. The molecule has 0 radical (unpaired) electrons. The lowest BCUT2D eigenvalue weighted by Crippen LogP contribution is -2.10. The van der Waals surface area contributed by atoms with E-state index in [-0.39, 0.29) is 11.7 Å². The van der Waals surface area contributed by atoms with Gasteiger partial charge in [0.1, 0.15) is 6.33 Å². The minimum absolute atomic E-state index is 0.203. The fraction of sp³-hybridized carbons (Fsp3) is 0.231. The Labute approximate surface area is 131 Å². The van der Waals surface area contributed by atoms with Crippen molar-refractivity contribution in [3.05, 3.63) is 24.0 Å². The molecule has 0 saturated heterocycles. The molecular formula is C13H16N6O4. The Balaban J connectivity index is 2.25. The molecule has 0 atom stereocenters. The summed E-state index contributed by atoms with van der Waals surface area (Å²) in [5.74, 6) is 6.21. The number of methoxy groups -OCH3 is 2. The highest BCUT2D eigenvalue weighted by atomic mass is 16.6. The van der Waals surface area contributed by atoms with Gasteiger partial charge in [0.25, 0.3) is 5.95 Å². The first-order valence-corrected chi connectivity index (χ1v) is 6.43. The van der Waals surface area contributed by atoms with Crippen molar-refractivity contribution in [1.29, 1.82) is 0 Å². The molecule has 0 aliphatic carbocycles.